The Morgan fingerprint density at radius 2 is 2.11 bits per heavy atom. The van der Waals surface area contributed by atoms with E-state index in [-0.39, 0.29) is 0 Å². The first-order valence-electron chi connectivity index (χ1n) is 11.4. The van der Waals surface area contributed by atoms with Crippen LogP contribution in [-0.4, -0.2) is 42.9 Å². The lowest BCUT2D eigenvalue weighted by atomic mass is 9.55. The lowest BCUT2D eigenvalue weighted by molar-refractivity contribution is 0.0732. The van der Waals surface area contributed by atoms with Crippen molar-refractivity contribution in [2.45, 2.75) is 63.9 Å². The zero-order valence-electron chi connectivity index (χ0n) is 17.5. The molecule has 1 aromatic rings. The van der Waals surface area contributed by atoms with Crippen molar-refractivity contribution in [3.8, 4) is 5.75 Å². The first-order valence-corrected chi connectivity index (χ1v) is 11.4. The van der Waals surface area contributed by atoms with Gasteiger partial charge in [0, 0.05) is 13.1 Å². The molecule has 1 saturated heterocycles. The maximum Gasteiger partial charge on any atom is 0.115 e. The number of nitrogens with zero attached hydrogens (tertiary/aromatic N) is 1. The zero-order chi connectivity index (χ0) is 19.3. The van der Waals surface area contributed by atoms with E-state index < -0.39 is 0 Å². The van der Waals surface area contributed by atoms with Crippen LogP contribution in [0.4, 0.5) is 0 Å². The Labute approximate surface area is 169 Å². The molecular formula is C25H35NO2. The van der Waals surface area contributed by atoms with E-state index in [2.05, 4.69) is 31.0 Å². The summed E-state index contributed by atoms with van der Waals surface area (Å²) in [5, 5.41) is 9.86. The number of hydrogen-bond acceptors (Lipinski definition) is 3. The van der Waals surface area contributed by atoms with Gasteiger partial charge in [0.2, 0.25) is 0 Å². The third-order valence-corrected chi connectivity index (χ3v) is 8.57. The molecule has 0 aromatic heterocycles. The third kappa shape index (κ3) is 3.11. The monoisotopic (exact) mass is 381 g/mol. The molecule has 3 heteroatoms. The molecule has 4 aliphatic rings. The minimum Gasteiger partial charge on any atom is -0.508 e. The molecule has 28 heavy (non-hydrogen) atoms. The van der Waals surface area contributed by atoms with Crippen LogP contribution in [0, 0.1) is 17.3 Å². The summed E-state index contributed by atoms with van der Waals surface area (Å²) < 4.78 is 6.18. The number of phenolic OH excluding ortho intramolecular Hbond substituents is 1. The summed E-state index contributed by atoms with van der Waals surface area (Å²) in [7, 11) is 2.19. The van der Waals surface area contributed by atoms with Gasteiger partial charge in [0.25, 0.3) is 0 Å². The average molecular weight is 382 g/mol. The van der Waals surface area contributed by atoms with E-state index >= 15 is 0 Å². The number of benzene rings is 1. The molecule has 1 heterocycles. The standard InChI is InChI=1S/C25H35NO2/c1-25-12-9-22-21-7-5-19(27)15-17(21)3-6-23(22)24(25)8-4-18(25)11-14-28-20-10-13-26(2)16-20/h5,7,11,15,20,22-24,27H,3-4,6,8-10,12-14,16H2,1-2H3. The van der Waals surface area contributed by atoms with Gasteiger partial charge in [0.05, 0.1) is 12.7 Å². The fourth-order valence-electron chi connectivity index (χ4n) is 7.07. The fourth-order valence-corrected chi connectivity index (χ4v) is 7.07. The quantitative estimate of drug-likeness (QED) is 0.756. The van der Waals surface area contributed by atoms with Crippen LogP contribution in [0.25, 0.3) is 0 Å². The largest absolute Gasteiger partial charge is 0.508 e. The maximum absolute atomic E-state index is 9.86. The molecule has 0 spiro atoms. The first kappa shape index (κ1) is 18.7. The van der Waals surface area contributed by atoms with Gasteiger partial charge >= 0.3 is 0 Å². The summed E-state index contributed by atoms with van der Waals surface area (Å²) >= 11 is 0. The van der Waals surface area contributed by atoms with Crippen LogP contribution in [-0.2, 0) is 11.2 Å². The third-order valence-electron chi connectivity index (χ3n) is 8.57. The van der Waals surface area contributed by atoms with E-state index in [1.165, 1.54) is 56.2 Å². The van der Waals surface area contributed by atoms with Crippen molar-refractivity contribution >= 4 is 0 Å². The van der Waals surface area contributed by atoms with Crippen molar-refractivity contribution in [2.24, 2.45) is 17.3 Å². The molecule has 0 bridgehead atoms. The number of ether oxygens (including phenoxy) is 1. The van der Waals surface area contributed by atoms with E-state index in [9.17, 15) is 5.11 Å². The topological polar surface area (TPSA) is 32.7 Å². The van der Waals surface area contributed by atoms with Gasteiger partial charge in [-0.3, -0.25) is 0 Å². The summed E-state index contributed by atoms with van der Waals surface area (Å²) in [6, 6.07) is 6.12. The molecule has 152 valence electrons. The van der Waals surface area contributed by atoms with Crippen molar-refractivity contribution < 1.29 is 9.84 Å². The van der Waals surface area contributed by atoms with Crippen LogP contribution in [0.3, 0.4) is 0 Å². The highest BCUT2D eigenvalue weighted by atomic mass is 16.5. The smallest absolute Gasteiger partial charge is 0.115 e. The molecule has 1 aromatic carbocycles. The van der Waals surface area contributed by atoms with Crippen molar-refractivity contribution in [1.82, 2.24) is 4.90 Å². The Morgan fingerprint density at radius 3 is 2.93 bits per heavy atom. The molecule has 5 unspecified atom stereocenters. The molecule has 5 rings (SSSR count). The molecule has 3 aliphatic carbocycles. The highest BCUT2D eigenvalue weighted by Crippen LogP contribution is 2.62. The summed E-state index contributed by atoms with van der Waals surface area (Å²) in [6.45, 7) is 5.60. The zero-order valence-corrected chi connectivity index (χ0v) is 17.5. The molecule has 0 radical (unpaired) electrons. The molecule has 5 atom stereocenters. The maximum atomic E-state index is 9.86. The highest BCUT2D eigenvalue weighted by Gasteiger charge is 2.52. The number of allylic oxidation sites excluding steroid dienone is 1. The predicted molar refractivity (Wildman–Crippen MR) is 113 cm³/mol. The molecular weight excluding hydrogens is 346 g/mol. The van der Waals surface area contributed by atoms with E-state index in [1.54, 1.807) is 5.57 Å². The van der Waals surface area contributed by atoms with E-state index in [0.717, 1.165) is 31.4 Å². The fraction of sp³-hybridized carbons (Fsp3) is 0.680. The number of phenols is 1. The summed E-state index contributed by atoms with van der Waals surface area (Å²) in [6.07, 6.45) is 11.7. The van der Waals surface area contributed by atoms with Gasteiger partial charge in [0.1, 0.15) is 5.75 Å². The molecule has 2 saturated carbocycles. The Balaban J connectivity index is 1.30. The minimum absolute atomic E-state index is 0.380. The van der Waals surface area contributed by atoms with Gasteiger partial charge in [-0.2, -0.15) is 0 Å². The predicted octanol–water partition coefficient (Wildman–Crippen LogP) is 4.90. The van der Waals surface area contributed by atoms with E-state index in [4.69, 9.17) is 4.74 Å². The molecule has 1 aliphatic heterocycles. The Bertz CT molecular complexity index is 772. The van der Waals surface area contributed by atoms with Gasteiger partial charge in [-0.1, -0.05) is 24.6 Å². The van der Waals surface area contributed by atoms with Gasteiger partial charge in [-0.25, -0.2) is 0 Å². The normalized spacial score (nSPS) is 39.0. The summed E-state index contributed by atoms with van der Waals surface area (Å²) in [5.74, 6) is 2.76. The molecule has 1 N–H and O–H groups in total. The summed E-state index contributed by atoms with van der Waals surface area (Å²) in [5.41, 5.74) is 4.99. The molecule has 3 nitrogen and oxygen atoms in total. The Hall–Kier alpha value is -1.32. The molecule has 0 amide bonds. The minimum atomic E-state index is 0.380. The van der Waals surface area contributed by atoms with Gasteiger partial charge in [0.15, 0.2) is 0 Å². The second-order valence-electron chi connectivity index (χ2n) is 10.0. The van der Waals surface area contributed by atoms with Crippen LogP contribution < -0.4 is 0 Å². The molecule has 3 fully saturated rings. The van der Waals surface area contributed by atoms with Crippen LogP contribution in [0.2, 0.25) is 0 Å². The number of aryl methyl sites for hydroxylation is 1. The number of likely N-dealkylation sites (tertiary alicyclic amines) is 1. The highest BCUT2D eigenvalue weighted by molar-refractivity contribution is 5.40. The van der Waals surface area contributed by atoms with Crippen LogP contribution in [0.1, 0.15) is 62.5 Å². The van der Waals surface area contributed by atoms with E-state index in [0.29, 0.717) is 23.2 Å². The van der Waals surface area contributed by atoms with Crippen LogP contribution in [0.15, 0.2) is 29.8 Å². The van der Waals surface area contributed by atoms with Gasteiger partial charge < -0.3 is 14.7 Å². The summed E-state index contributed by atoms with van der Waals surface area (Å²) in [4.78, 5) is 2.37. The Morgan fingerprint density at radius 1 is 1.21 bits per heavy atom. The number of rotatable bonds is 3. The van der Waals surface area contributed by atoms with Crippen molar-refractivity contribution in [3.05, 3.63) is 41.0 Å². The van der Waals surface area contributed by atoms with E-state index in [1.807, 2.05) is 12.1 Å². The van der Waals surface area contributed by atoms with Crippen molar-refractivity contribution in [2.75, 3.05) is 26.7 Å². The lowest BCUT2D eigenvalue weighted by Crippen LogP contribution is -2.40. The number of fused-ring (bicyclic) bond motifs is 5. The SMILES string of the molecule is CN1CCC(OCC=C2CCC3C4CCc5cc(O)ccc5C4CCC23C)C1. The Kier molecular flexibility index (Phi) is 4.79. The van der Waals surface area contributed by atoms with Crippen LogP contribution in [0.5, 0.6) is 5.75 Å². The number of aromatic hydroxyl groups is 1. The van der Waals surface area contributed by atoms with Gasteiger partial charge in [-0.05, 0) is 98.4 Å². The van der Waals surface area contributed by atoms with Gasteiger partial charge in [-0.15, -0.1) is 0 Å². The average Bonchev–Trinajstić information content (AvgIpc) is 3.24. The van der Waals surface area contributed by atoms with Crippen molar-refractivity contribution in [3.63, 3.8) is 0 Å². The number of hydrogen-bond donors (Lipinski definition) is 1. The number of likely N-dealkylation sites (N-methyl/N-ethyl adjacent to an activating group) is 1. The van der Waals surface area contributed by atoms with Crippen molar-refractivity contribution in [1.29, 1.82) is 0 Å². The first-order chi connectivity index (χ1) is 13.5. The lowest BCUT2D eigenvalue weighted by Gasteiger charge is -2.49. The van der Waals surface area contributed by atoms with Crippen LogP contribution >= 0.6 is 0 Å². The second kappa shape index (κ2) is 7.18. The second-order valence-corrected chi connectivity index (χ2v) is 10.0.